The zero-order valence-corrected chi connectivity index (χ0v) is 10.7. The molecule has 0 spiro atoms. The summed E-state index contributed by atoms with van der Waals surface area (Å²) >= 11 is 0. The number of ether oxygens (including phenoxy) is 1. The summed E-state index contributed by atoms with van der Waals surface area (Å²) in [6.45, 7) is 0.0124. The second kappa shape index (κ2) is 6.93. The number of nitrogens with two attached hydrogens (primary N) is 1. The molecule has 0 aromatic heterocycles. The molecule has 1 unspecified atom stereocenters. The molecule has 116 valence electrons. The van der Waals surface area contributed by atoms with Crippen molar-refractivity contribution in [2.45, 2.75) is 25.4 Å². The fraction of sp³-hybridized carbons (Fsp3) is 0.333. The number of carboxylic acids is 1. The number of aliphatic carboxylic acids is 1. The molecule has 6 nitrogen and oxygen atoms in total. The van der Waals surface area contributed by atoms with Gasteiger partial charge < -0.3 is 20.9 Å². The van der Waals surface area contributed by atoms with Crippen LogP contribution >= 0.6 is 0 Å². The van der Waals surface area contributed by atoms with Crippen LogP contribution in [0.2, 0.25) is 0 Å². The highest BCUT2D eigenvalue weighted by Crippen LogP contribution is 2.22. The molecule has 1 aromatic carbocycles. The van der Waals surface area contributed by atoms with E-state index in [2.05, 4.69) is 10.1 Å². The first-order valence-electron chi connectivity index (χ1n) is 5.77. The van der Waals surface area contributed by atoms with Crippen molar-refractivity contribution in [2.75, 3.05) is 0 Å². The van der Waals surface area contributed by atoms with E-state index in [-0.39, 0.29) is 12.3 Å². The van der Waals surface area contributed by atoms with E-state index < -0.39 is 30.7 Å². The van der Waals surface area contributed by atoms with Gasteiger partial charge in [-0.2, -0.15) is 0 Å². The first-order chi connectivity index (χ1) is 9.67. The van der Waals surface area contributed by atoms with E-state index in [1.165, 1.54) is 12.1 Å². The van der Waals surface area contributed by atoms with Gasteiger partial charge in [0.15, 0.2) is 0 Å². The van der Waals surface area contributed by atoms with Gasteiger partial charge in [0.1, 0.15) is 5.75 Å². The van der Waals surface area contributed by atoms with Crippen molar-refractivity contribution in [3.05, 3.63) is 29.8 Å². The molecule has 21 heavy (non-hydrogen) atoms. The summed E-state index contributed by atoms with van der Waals surface area (Å²) in [5, 5.41) is 10.9. The van der Waals surface area contributed by atoms with E-state index >= 15 is 0 Å². The molecule has 0 saturated carbocycles. The Hall–Kier alpha value is -2.29. The molecule has 0 heterocycles. The first kappa shape index (κ1) is 16.8. The normalized spacial score (nSPS) is 12.6. The molecule has 0 bridgehead atoms. The van der Waals surface area contributed by atoms with Crippen LogP contribution in [0.3, 0.4) is 0 Å². The number of carbonyl (C=O) groups excluding carboxylic acids is 1. The number of carbonyl (C=O) groups is 2. The summed E-state index contributed by atoms with van der Waals surface area (Å²) in [7, 11) is 0. The van der Waals surface area contributed by atoms with Crippen molar-refractivity contribution < 1.29 is 32.6 Å². The molecule has 0 radical (unpaired) electrons. The lowest BCUT2D eigenvalue weighted by Crippen LogP contribution is -2.41. The van der Waals surface area contributed by atoms with Crippen LogP contribution < -0.4 is 15.8 Å². The van der Waals surface area contributed by atoms with Gasteiger partial charge in [-0.3, -0.25) is 9.59 Å². The van der Waals surface area contributed by atoms with Crippen molar-refractivity contribution in [1.82, 2.24) is 5.32 Å². The van der Waals surface area contributed by atoms with E-state index in [1.807, 2.05) is 0 Å². The van der Waals surface area contributed by atoms with Crippen molar-refractivity contribution in [3.8, 4) is 5.75 Å². The Morgan fingerprint density at radius 1 is 1.29 bits per heavy atom. The van der Waals surface area contributed by atoms with Gasteiger partial charge in [0, 0.05) is 6.54 Å². The molecular weight excluding hydrogens is 293 g/mol. The van der Waals surface area contributed by atoms with E-state index in [1.54, 1.807) is 0 Å². The molecule has 1 amide bonds. The lowest BCUT2D eigenvalue weighted by atomic mass is 10.2. The average Bonchev–Trinajstić information content (AvgIpc) is 2.35. The van der Waals surface area contributed by atoms with Crippen LogP contribution in [-0.2, 0) is 16.1 Å². The third-order valence-corrected chi connectivity index (χ3v) is 2.35. The van der Waals surface area contributed by atoms with E-state index in [0.29, 0.717) is 5.56 Å². The summed E-state index contributed by atoms with van der Waals surface area (Å²) in [4.78, 5) is 21.8. The average molecular weight is 306 g/mol. The predicted molar refractivity (Wildman–Crippen MR) is 65.2 cm³/mol. The predicted octanol–water partition coefficient (Wildman–Crippen LogP) is 1.00. The lowest BCUT2D eigenvalue weighted by molar-refractivity contribution is -0.274. The SMILES string of the molecule is NC(CC(=O)O)C(=O)NCc1ccc(OC(F)(F)F)cc1. The maximum absolute atomic E-state index is 11.9. The number of hydrogen-bond acceptors (Lipinski definition) is 4. The van der Waals surface area contributed by atoms with Crippen molar-refractivity contribution in [2.24, 2.45) is 5.73 Å². The molecule has 1 atom stereocenters. The molecule has 0 saturated heterocycles. The molecule has 0 aliphatic heterocycles. The Kier molecular flexibility index (Phi) is 5.53. The molecule has 0 aliphatic carbocycles. The Morgan fingerprint density at radius 3 is 2.33 bits per heavy atom. The summed E-state index contributed by atoms with van der Waals surface area (Å²) < 4.78 is 39.5. The van der Waals surface area contributed by atoms with Crippen LogP contribution in [0.15, 0.2) is 24.3 Å². The second-order valence-corrected chi connectivity index (χ2v) is 4.11. The molecule has 1 rings (SSSR count). The fourth-order valence-corrected chi connectivity index (χ4v) is 1.41. The lowest BCUT2D eigenvalue weighted by Gasteiger charge is -2.11. The minimum atomic E-state index is -4.76. The fourth-order valence-electron chi connectivity index (χ4n) is 1.41. The summed E-state index contributed by atoms with van der Waals surface area (Å²) in [6, 6.07) is 3.70. The minimum Gasteiger partial charge on any atom is -0.481 e. The molecule has 4 N–H and O–H groups in total. The number of alkyl halides is 3. The molecule has 1 aromatic rings. The minimum absolute atomic E-state index is 0.0124. The number of halogens is 3. The van der Waals surface area contributed by atoms with Crippen molar-refractivity contribution >= 4 is 11.9 Å². The molecule has 0 fully saturated rings. The summed E-state index contributed by atoms with van der Waals surface area (Å²) in [5.41, 5.74) is 5.85. The largest absolute Gasteiger partial charge is 0.573 e. The Morgan fingerprint density at radius 2 is 1.86 bits per heavy atom. The van der Waals surface area contributed by atoms with Gasteiger partial charge in [-0.05, 0) is 17.7 Å². The molecular formula is C12H13F3N2O4. The summed E-state index contributed by atoms with van der Waals surface area (Å²) in [5.74, 6) is -2.24. The molecule has 0 aliphatic rings. The van der Waals surface area contributed by atoms with E-state index in [0.717, 1.165) is 12.1 Å². The van der Waals surface area contributed by atoms with Crippen molar-refractivity contribution in [3.63, 3.8) is 0 Å². The molecule has 9 heteroatoms. The van der Waals surface area contributed by atoms with E-state index in [4.69, 9.17) is 10.8 Å². The highest BCUT2D eigenvalue weighted by Gasteiger charge is 2.30. The van der Waals surface area contributed by atoms with Gasteiger partial charge in [-0.1, -0.05) is 12.1 Å². The zero-order valence-electron chi connectivity index (χ0n) is 10.7. The smallest absolute Gasteiger partial charge is 0.481 e. The quantitative estimate of drug-likeness (QED) is 0.728. The van der Waals surface area contributed by atoms with Gasteiger partial charge in [-0.25, -0.2) is 0 Å². The van der Waals surface area contributed by atoms with Gasteiger partial charge in [0.05, 0.1) is 12.5 Å². The number of hydrogen-bond donors (Lipinski definition) is 3. The number of carboxylic acid groups (broad SMARTS) is 1. The van der Waals surface area contributed by atoms with Gasteiger partial charge in [0.2, 0.25) is 5.91 Å². The summed E-state index contributed by atoms with van der Waals surface area (Å²) in [6.07, 6.45) is -5.27. The highest BCUT2D eigenvalue weighted by atomic mass is 19.4. The van der Waals surface area contributed by atoms with Crippen LogP contribution in [0.4, 0.5) is 13.2 Å². The monoisotopic (exact) mass is 306 g/mol. The Labute approximate surface area is 117 Å². The van der Waals surface area contributed by atoms with Crippen LogP contribution in [0.25, 0.3) is 0 Å². The third kappa shape index (κ3) is 6.61. The third-order valence-electron chi connectivity index (χ3n) is 2.35. The van der Waals surface area contributed by atoms with Crippen LogP contribution in [0.5, 0.6) is 5.75 Å². The van der Waals surface area contributed by atoms with Crippen LogP contribution in [0.1, 0.15) is 12.0 Å². The highest BCUT2D eigenvalue weighted by molar-refractivity contribution is 5.85. The zero-order chi connectivity index (χ0) is 16.0. The maximum atomic E-state index is 11.9. The van der Waals surface area contributed by atoms with Crippen LogP contribution in [0, 0.1) is 0 Å². The van der Waals surface area contributed by atoms with Crippen LogP contribution in [-0.4, -0.2) is 29.4 Å². The number of nitrogens with one attached hydrogen (secondary N) is 1. The van der Waals surface area contributed by atoms with Gasteiger partial charge in [-0.15, -0.1) is 13.2 Å². The maximum Gasteiger partial charge on any atom is 0.573 e. The second-order valence-electron chi connectivity index (χ2n) is 4.11. The first-order valence-corrected chi connectivity index (χ1v) is 5.77. The Balaban J connectivity index is 2.49. The van der Waals surface area contributed by atoms with E-state index in [9.17, 15) is 22.8 Å². The number of amides is 1. The van der Waals surface area contributed by atoms with Gasteiger partial charge >= 0.3 is 12.3 Å². The number of benzene rings is 1. The topological polar surface area (TPSA) is 102 Å². The standard InChI is InChI=1S/C12H13F3N2O4/c13-12(14,15)21-8-3-1-7(2-4-8)6-17-11(20)9(16)5-10(18)19/h1-4,9H,5-6,16H2,(H,17,20)(H,18,19). The van der Waals surface area contributed by atoms with Gasteiger partial charge in [0.25, 0.3) is 0 Å². The Bertz CT molecular complexity index is 502. The number of rotatable bonds is 6. The van der Waals surface area contributed by atoms with Crippen molar-refractivity contribution in [1.29, 1.82) is 0 Å².